The first kappa shape index (κ1) is 15.3. The second-order valence-corrected chi connectivity index (χ2v) is 5.54. The topological polar surface area (TPSA) is 58.4 Å². The number of hydrogen-bond acceptors (Lipinski definition) is 3. The summed E-state index contributed by atoms with van der Waals surface area (Å²) in [6.45, 7) is 2.80. The molecule has 0 aliphatic heterocycles. The van der Waals surface area contributed by atoms with Crippen LogP contribution in [0, 0.1) is 6.92 Å². The fourth-order valence-electron chi connectivity index (χ4n) is 2.19. The number of benzene rings is 1. The lowest BCUT2D eigenvalue weighted by Crippen LogP contribution is -2.37. The summed E-state index contributed by atoms with van der Waals surface area (Å²) < 4.78 is 1.98. The normalized spacial score (nSPS) is 12.6. The van der Waals surface area contributed by atoms with Gasteiger partial charge in [-0.1, -0.05) is 29.8 Å². The molecule has 1 N–H and O–H groups in total. The van der Waals surface area contributed by atoms with Gasteiger partial charge in [-0.2, -0.15) is 0 Å². The van der Waals surface area contributed by atoms with Crippen LogP contribution in [0.2, 0.25) is 0 Å². The van der Waals surface area contributed by atoms with Crippen molar-refractivity contribution in [3.63, 3.8) is 0 Å². The Morgan fingerprint density at radius 3 is 2.57 bits per heavy atom. The summed E-state index contributed by atoms with van der Waals surface area (Å²) in [6, 6.07) is 7.80. The quantitative estimate of drug-likeness (QED) is 0.880. The lowest BCUT2D eigenvalue weighted by atomic mass is 10.1. The van der Waals surface area contributed by atoms with Crippen LogP contribution in [-0.4, -0.2) is 45.7 Å². The summed E-state index contributed by atoms with van der Waals surface area (Å²) in [4.78, 5) is 17.2. The van der Waals surface area contributed by atoms with Gasteiger partial charge >= 0.3 is 5.97 Å². The monoisotopic (exact) mass is 287 g/mol. The zero-order valence-electron chi connectivity index (χ0n) is 12.7. The van der Waals surface area contributed by atoms with Gasteiger partial charge in [0.15, 0.2) is 0 Å². The van der Waals surface area contributed by atoms with E-state index in [1.54, 1.807) is 25.3 Å². The molecule has 1 atom stereocenters. The van der Waals surface area contributed by atoms with Crippen LogP contribution in [0.25, 0.3) is 0 Å². The highest BCUT2D eigenvalue weighted by Crippen LogP contribution is 2.09. The molecule has 0 saturated heterocycles. The molecule has 0 saturated carbocycles. The van der Waals surface area contributed by atoms with E-state index in [9.17, 15) is 9.90 Å². The van der Waals surface area contributed by atoms with Crippen molar-refractivity contribution in [2.45, 2.75) is 25.9 Å². The van der Waals surface area contributed by atoms with E-state index in [0.29, 0.717) is 6.42 Å². The van der Waals surface area contributed by atoms with Crippen LogP contribution < -0.4 is 0 Å². The fraction of sp³-hybridized carbons (Fsp3) is 0.375. The van der Waals surface area contributed by atoms with Gasteiger partial charge in [0, 0.05) is 19.2 Å². The zero-order valence-corrected chi connectivity index (χ0v) is 12.7. The molecular weight excluding hydrogens is 266 g/mol. The molecule has 21 heavy (non-hydrogen) atoms. The number of hydrogen-bond donors (Lipinski definition) is 1. The summed E-state index contributed by atoms with van der Waals surface area (Å²) >= 11 is 0. The van der Waals surface area contributed by atoms with Crippen molar-refractivity contribution in [2.24, 2.45) is 0 Å². The van der Waals surface area contributed by atoms with E-state index < -0.39 is 12.0 Å². The van der Waals surface area contributed by atoms with Gasteiger partial charge in [-0.15, -0.1) is 0 Å². The maximum absolute atomic E-state index is 11.2. The number of rotatable bonds is 6. The highest BCUT2D eigenvalue weighted by atomic mass is 16.4. The number of carbonyl (C=O) groups is 1. The van der Waals surface area contributed by atoms with Crippen LogP contribution in [0.3, 0.4) is 0 Å². The molecule has 5 heteroatoms. The highest BCUT2D eigenvalue weighted by Gasteiger charge is 2.21. The molecule has 0 fully saturated rings. The second kappa shape index (κ2) is 6.54. The van der Waals surface area contributed by atoms with Gasteiger partial charge < -0.3 is 9.67 Å². The molecular formula is C16H21N3O2. The largest absolute Gasteiger partial charge is 0.480 e. The molecule has 0 aliphatic rings. The van der Waals surface area contributed by atoms with E-state index >= 15 is 0 Å². The summed E-state index contributed by atoms with van der Waals surface area (Å²) in [5.74, 6) is -0.826. The Bertz CT molecular complexity index is 602. The van der Waals surface area contributed by atoms with Gasteiger partial charge in [0.05, 0.1) is 12.0 Å². The Hall–Kier alpha value is -2.14. The molecule has 0 aliphatic carbocycles. The average molecular weight is 287 g/mol. The average Bonchev–Trinajstić information content (AvgIpc) is 2.85. The Balaban J connectivity index is 2.04. The molecule has 5 nitrogen and oxygen atoms in total. The number of carboxylic acids is 1. The smallest absolute Gasteiger partial charge is 0.321 e. The summed E-state index contributed by atoms with van der Waals surface area (Å²) in [5, 5.41) is 9.20. The van der Waals surface area contributed by atoms with Gasteiger partial charge in [-0.3, -0.25) is 9.69 Å². The molecule has 1 aromatic carbocycles. The third-order valence-corrected chi connectivity index (χ3v) is 3.48. The van der Waals surface area contributed by atoms with E-state index in [1.165, 1.54) is 11.1 Å². The molecule has 1 aromatic heterocycles. The Kier molecular flexibility index (Phi) is 4.75. The minimum Gasteiger partial charge on any atom is -0.480 e. The van der Waals surface area contributed by atoms with Crippen LogP contribution >= 0.6 is 0 Å². The number of carboxylic acid groups (broad SMARTS) is 1. The van der Waals surface area contributed by atoms with Crippen molar-refractivity contribution in [3.05, 3.63) is 53.6 Å². The fourth-order valence-corrected chi connectivity index (χ4v) is 2.19. The number of likely N-dealkylation sites (N-methyl/N-ethyl adjacent to an activating group) is 1. The van der Waals surface area contributed by atoms with Crippen molar-refractivity contribution >= 4 is 5.97 Å². The maximum atomic E-state index is 11.2. The number of aliphatic carboxylic acids is 1. The second-order valence-electron chi connectivity index (χ2n) is 5.54. The van der Waals surface area contributed by atoms with E-state index in [0.717, 1.165) is 12.2 Å². The number of nitrogens with zero attached hydrogens (tertiary/aromatic N) is 3. The lowest BCUT2D eigenvalue weighted by molar-refractivity contribution is -0.142. The summed E-state index contributed by atoms with van der Waals surface area (Å²) in [5.41, 5.74) is 3.23. The van der Waals surface area contributed by atoms with E-state index in [2.05, 4.69) is 36.2 Å². The van der Waals surface area contributed by atoms with E-state index in [1.807, 2.05) is 10.8 Å². The molecule has 0 bridgehead atoms. The standard InChI is InChI=1S/C16H21N3O2/c1-12-4-6-13(7-5-12)9-19-10-14(17-11-19)8-15(16(20)21)18(2)3/h4-7,10-11,15H,8-9H2,1-3H3,(H,20,21)/t15-/m0/s1. The molecule has 0 radical (unpaired) electrons. The van der Waals surface area contributed by atoms with E-state index in [-0.39, 0.29) is 0 Å². The van der Waals surface area contributed by atoms with Gasteiger partial charge in [-0.05, 0) is 26.6 Å². The highest BCUT2D eigenvalue weighted by molar-refractivity contribution is 5.73. The number of imidazole rings is 1. The third-order valence-electron chi connectivity index (χ3n) is 3.48. The third kappa shape index (κ3) is 4.16. The minimum atomic E-state index is -0.826. The number of aromatic nitrogens is 2. The predicted molar refractivity (Wildman–Crippen MR) is 81.3 cm³/mol. The summed E-state index contributed by atoms with van der Waals surface area (Å²) in [6.07, 6.45) is 4.08. The number of aryl methyl sites for hydroxylation is 1. The van der Waals surface area contributed by atoms with Crippen molar-refractivity contribution in [1.82, 2.24) is 14.5 Å². The van der Waals surface area contributed by atoms with Crippen molar-refractivity contribution in [3.8, 4) is 0 Å². The van der Waals surface area contributed by atoms with Crippen LogP contribution in [0.5, 0.6) is 0 Å². The molecule has 0 unspecified atom stereocenters. The van der Waals surface area contributed by atoms with Gasteiger partial charge in [-0.25, -0.2) is 4.98 Å². The molecule has 0 spiro atoms. The minimum absolute atomic E-state index is 0.406. The Morgan fingerprint density at radius 1 is 1.33 bits per heavy atom. The van der Waals surface area contributed by atoms with Crippen molar-refractivity contribution < 1.29 is 9.90 Å². The molecule has 0 amide bonds. The zero-order chi connectivity index (χ0) is 15.4. The van der Waals surface area contributed by atoms with Crippen LogP contribution in [-0.2, 0) is 17.8 Å². The molecule has 2 rings (SSSR count). The van der Waals surface area contributed by atoms with Crippen LogP contribution in [0.4, 0.5) is 0 Å². The SMILES string of the molecule is Cc1ccc(Cn2cnc(C[C@@H](C(=O)O)N(C)C)c2)cc1. The van der Waals surface area contributed by atoms with Gasteiger partial charge in [0.2, 0.25) is 0 Å². The van der Waals surface area contributed by atoms with Crippen molar-refractivity contribution in [2.75, 3.05) is 14.1 Å². The van der Waals surface area contributed by atoms with Crippen LogP contribution in [0.1, 0.15) is 16.8 Å². The van der Waals surface area contributed by atoms with E-state index in [4.69, 9.17) is 0 Å². The van der Waals surface area contributed by atoms with Crippen molar-refractivity contribution in [1.29, 1.82) is 0 Å². The summed E-state index contributed by atoms with van der Waals surface area (Å²) in [7, 11) is 3.53. The predicted octanol–water partition coefficient (Wildman–Crippen LogP) is 1.80. The Morgan fingerprint density at radius 2 is 2.00 bits per heavy atom. The molecule has 112 valence electrons. The lowest BCUT2D eigenvalue weighted by Gasteiger charge is -2.18. The van der Waals surface area contributed by atoms with Gasteiger partial charge in [0.25, 0.3) is 0 Å². The van der Waals surface area contributed by atoms with Crippen LogP contribution in [0.15, 0.2) is 36.8 Å². The Labute approximate surface area is 124 Å². The maximum Gasteiger partial charge on any atom is 0.321 e. The first-order valence-electron chi connectivity index (χ1n) is 6.91. The first-order chi connectivity index (χ1) is 9.95. The molecule has 2 aromatic rings. The molecule has 1 heterocycles. The first-order valence-corrected chi connectivity index (χ1v) is 6.91. The van der Waals surface area contributed by atoms with Gasteiger partial charge in [0.1, 0.15) is 6.04 Å².